The molecule has 0 aliphatic carbocycles. The third kappa shape index (κ3) is 2.66. The smallest absolute Gasteiger partial charge is 0.280 e. The van der Waals surface area contributed by atoms with Crippen molar-refractivity contribution in [3.05, 3.63) is 23.1 Å². The Bertz CT molecular complexity index is 416. The lowest BCUT2D eigenvalue weighted by Gasteiger charge is -2.29. The molecule has 2 heterocycles. The first-order valence-corrected chi connectivity index (χ1v) is 7.05. The minimum atomic E-state index is 0.0434. The first kappa shape index (κ1) is 11.7. The number of carbonyl (C=O) groups excluding carboxylic acids is 1. The van der Waals surface area contributed by atoms with Crippen molar-refractivity contribution in [2.75, 3.05) is 5.75 Å². The summed E-state index contributed by atoms with van der Waals surface area (Å²) in [7, 11) is 0. The Morgan fingerprint density at radius 1 is 1.69 bits per heavy atom. The summed E-state index contributed by atoms with van der Waals surface area (Å²) in [6.07, 6.45) is 0.821. The van der Waals surface area contributed by atoms with Crippen LogP contribution in [0, 0.1) is 11.8 Å². The largest absolute Gasteiger partial charge is 0.341 e. The summed E-state index contributed by atoms with van der Waals surface area (Å²) in [4.78, 5) is 11.4. The van der Waals surface area contributed by atoms with E-state index >= 15 is 0 Å². The van der Waals surface area contributed by atoms with Crippen molar-refractivity contribution in [3.8, 4) is 11.8 Å². The second-order valence-corrected chi connectivity index (χ2v) is 5.83. The van der Waals surface area contributed by atoms with Gasteiger partial charge >= 0.3 is 0 Å². The fourth-order valence-electron chi connectivity index (χ4n) is 1.62. The second kappa shape index (κ2) is 5.03. The number of nitrogens with one attached hydrogen (secondary N) is 1. The highest BCUT2D eigenvalue weighted by Gasteiger charge is 2.28. The number of thioether (sulfide) groups is 2. The molecule has 0 saturated carbocycles. The Balaban J connectivity index is 2.04. The van der Waals surface area contributed by atoms with Gasteiger partial charge in [-0.25, -0.2) is 0 Å². The van der Waals surface area contributed by atoms with Gasteiger partial charge in [0.25, 0.3) is 5.24 Å². The van der Waals surface area contributed by atoms with Crippen molar-refractivity contribution in [3.63, 3.8) is 0 Å². The molecule has 1 amide bonds. The lowest BCUT2D eigenvalue weighted by atomic mass is 10.0. The Morgan fingerprint density at radius 3 is 3.19 bits per heavy atom. The Kier molecular flexibility index (Phi) is 3.67. The summed E-state index contributed by atoms with van der Waals surface area (Å²) in [5, 5.41) is 5.17. The van der Waals surface area contributed by atoms with Crippen LogP contribution in [0.4, 0.5) is 4.79 Å². The predicted octanol–water partition coefficient (Wildman–Crippen LogP) is 2.78. The third-order valence-electron chi connectivity index (χ3n) is 2.59. The average Bonchev–Trinajstić information content (AvgIpc) is 2.27. The maximum Gasteiger partial charge on any atom is 0.280 e. The van der Waals surface area contributed by atoms with Crippen molar-refractivity contribution < 1.29 is 4.79 Å². The van der Waals surface area contributed by atoms with Crippen LogP contribution in [-0.4, -0.2) is 22.3 Å². The number of amides is 1. The molecule has 2 atom stereocenters. The van der Waals surface area contributed by atoms with Crippen LogP contribution in [0.15, 0.2) is 23.1 Å². The minimum absolute atomic E-state index is 0.0434. The highest BCUT2D eigenvalue weighted by atomic mass is 32.2. The van der Waals surface area contributed by atoms with Crippen LogP contribution in [0.2, 0.25) is 0 Å². The topological polar surface area (TPSA) is 29.1 Å². The fraction of sp³-hybridized carbons (Fsp3) is 0.417. The van der Waals surface area contributed by atoms with Crippen LogP contribution in [0.3, 0.4) is 0 Å². The highest BCUT2D eigenvalue weighted by Crippen LogP contribution is 2.32. The summed E-state index contributed by atoms with van der Waals surface area (Å²) in [5.74, 6) is 7.06. The summed E-state index contributed by atoms with van der Waals surface area (Å²) < 4.78 is 0. The van der Waals surface area contributed by atoms with Gasteiger partial charge in [0.05, 0.1) is 5.75 Å². The standard InChI is InChI=1S/C12H13NOS2/c1-8-9(2)13-12(14)16-11(8)6-10-4-3-5-15-7-10/h7,9,11H,1,5-6H2,2H3,(H,13,14). The van der Waals surface area contributed by atoms with Gasteiger partial charge in [0, 0.05) is 16.9 Å². The Labute approximate surface area is 104 Å². The van der Waals surface area contributed by atoms with E-state index in [1.54, 1.807) is 11.8 Å². The number of rotatable bonds is 2. The van der Waals surface area contributed by atoms with Crippen LogP contribution in [0.5, 0.6) is 0 Å². The molecule has 1 fully saturated rings. The maximum absolute atomic E-state index is 11.4. The normalized spacial score (nSPS) is 28.9. The summed E-state index contributed by atoms with van der Waals surface area (Å²) in [6, 6.07) is 0.0727. The zero-order chi connectivity index (χ0) is 11.5. The molecule has 2 rings (SSSR count). The number of hydrogen-bond donors (Lipinski definition) is 1. The molecule has 84 valence electrons. The van der Waals surface area contributed by atoms with E-state index in [1.807, 2.05) is 6.92 Å². The predicted molar refractivity (Wildman–Crippen MR) is 71.4 cm³/mol. The van der Waals surface area contributed by atoms with Gasteiger partial charge in [-0.1, -0.05) is 30.2 Å². The van der Waals surface area contributed by atoms with Crippen LogP contribution in [0.1, 0.15) is 13.3 Å². The molecular weight excluding hydrogens is 238 g/mol. The molecule has 0 radical (unpaired) electrons. The molecule has 2 aliphatic rings. The highest BCUT2D eigenvalue weighted by molar-refractivity contribution is 8.14. The van der Waals surface area contributed by atoms with E-state index in [2.05, 4.69) is 29.1 Å². The van der Waals surface area contributed by atoms with E-state index in [4.69, 9.17) is 0 Å². The lowest BCUT2D eigenvalue weighted by molar-refractivity contribution is 0.258. The monoisotopic (exact) mass is 251 g/mol. The van der Waals surface area contributed by atoms with E-state index < -0.39 is 0 Å². The zero-order valence-corrected chi connectivity index (χ0v) is 10.7. The molecule has 2 nitrogen and oxygen atoms in total. The molecule has 1 N–H and O–H groups in total. The molecule has 2 aliphatic heterocycles. The first-order valence-electron chi connectivity index (χ1n) is 5.12. The van der Waals surface area contributed by atoms with E-state index in [0.29, 0.717) is 0 Å². The molecular formula is C12H13NOS2. The van der Waals surface area contributed by atoms with Crippen molar-refractivity contribution >= 4 is 28.8 Å². The molecule has 2 unspecified atom stereocenters. The Hall–Kier alpha value is -0.790. The second-order valence-electron chi connectivity index (χ2n) is 3.79. The van der Waals surface area contributed by atoms with Gasteiger partial charge in [0.1, 0.15) is 0 Å². The van der Waals surface area contributed by atoms with Crippen LogP contribution >= 0.6 is 23.5 Å². The maximum atomic E-state index is 11.4. The van der Waals surface area contributed by atoms with Crippen LogP contribution in [-0.2, 0) is 0 Å². The van der Waals surface area contributed by atoms with Gasteiger partial charge in [0.2, 0.25) is 0 Å². The van der Waals surface area contributed by atoms with Gasteiger partial charge in [0.15, 0.2) is 0 Å². The van der Waals surface area contributed by atoms with Gasteiger partial charge in [-0.2, -0.15) is 0 Å². The van der Waals surface area contributed by atoms with E-state index in [0.717, 1.165) is 23.3 Å². The number of hydrogen-bond acceptors (Lipinski definition) is 3. The fourth-order valence-corrected chi connectivity index (χ4v) is 3.34. The van der Waals surface area contributed by atoms with E-state index in [1.165, 1.54) is 11.8 Å². The van der Waals surface area contributed by atoms with Crippen molar-refractivity contribution in [2.45, 2.75) is 24.6 Å². The van der Waals surface area contributed by atoms with E-state index in [-0.39, 0.29) is 16.5 Å². The number of carbonyl (C=O) groups is 1. The molecule has 0 aromatic carbocycles. The molecule has 0 aromatic heterocycles. The molecule has 16 heavy (non-hydrogen) atoms. The van der Waals surface area contributed by atoms with Gasteiger partial charge in [-0.3, -0.25) is 4.79 Å². The minimum Gasteiger partial charge on any atom is -0.341 e. The van der Waals surface area contributed by atoms with Gasteiger partial charge in [-0.05, 0) is 24.3 Å². The zero-order valence-electron chi connectivity index (χ0n) is 9.08. The average molecular weight is 251 g/mol. The van der Waals surface area contributed by atoms with Gasteiger partial charge in [-0.15, -0.1) is 11.8 Å². The quantitative estimate of drug-likeness (QED) is 0.604. The molecule has 0 aromatic rings. The molecule has 0 bridgehead atoms. The molecule has 1 saturated heterocycles. The van der Waals surface area contributed by atoms with E-state index in [9.17, 15) is 4.79 Å². The summed E-state index contributed by atoms with van der Waals surface area (Å²) in [5.41, 5.74) is 2.21. The van der Waals surface area contributed by atoms with Crippen LogP contribution < -0.4 is 5.32 Å². The van der Waals surface area contributed by atoms with Crippen LogP contribution in [0.25, 0.3) is 0 Å². The molecule has 0 spiro atoms. The third-order valence-corrected chi connectivity index (χ3v) is 4.44. The Morgan fingerprint density at radius 2 is 2.50 bits per heavy atom. The van der Waals surface area contributed by atoms with Crippen molar-refractivity contribution in [1.29, 1.82) is 0 Å². The van der Waals surface area contributed by atoms with Crippen molar-refractivity contribution in [2.24, 2.45) is 0 Å². The van der Waals surface area contributed by atoms with Crippen molar-refractivity contribution in [1.82, 2.24) is 5.32 Å². The van der Waals surface area contributed by atoms with Gasteiger partial charge < -0.3 is 5.32 Å². The number of allylic oxidation sites excluding steroid dienone is 1. The molecule has 4 heteroatoms. The first-order chi connectivity index (χ1) is 7.66. The summed E-state index contributed by atoms with van der Waals surface area (Å²) >= 11 is 3.04. The lowest BCUT2D eigenvalue weighted by Crippen LogP contribution is -2.40. The summed E-state index contributed by atoms with van der Waals surface area (Å²) in [6.45, 7) is 6.03. The SMILES string of the molecule is C=C1C(C)NC(=O)SC1CC1=CSCC#C1.